The zero-order valence-electron chi connectivity index (χ0n) is 14.1. The van der Waals surface area contributed by atoms with Gasteiger partial charge in [0.25, 0.3) is 0 Å². The van der Waals surface area contributed by atoms with Gasteiger partial charge in [-0.1, -0.05) is 30.3 Å². The van der Waals surface area contributed by atoms with Gasteiger partial charge in [0.05, 0.1) is 0 Å². The molecule has 123 valence electrons. The molecule has 0 spiro atoms. The minimum Gasteiger partial charge on any atom is -0.374 e. The fraction of sp³-hybridized carbons (Fsp3) is 0.611. The average Bonchev–Trinajstić information content (AvgIpc) is 2.53. The van der Waals surface area contributed by atoms with Crippen LogP contribution in [0.3, 0.4) is 0 Å². The maximum Gasteiger partial charge on any atom is 0.500 e. The molecule has 0 heterocycles. The summed E-state index contributed by atoms with van der Waals surface area (Å²) in [5, 5.41) is 0. The summed E-state index contributed by atoms with van der Waals surface area (Å²) in [7, 11) is -2.59. The van der Waals surface area contributed by atoms with Crippen molar-refractivity contribution in [3.8, 4) is 0 Å². The Bertz CT molecular complexity index is 366. The predicted molar refractivity (Wildman–Crippen MR) is 91.6 cm³/mol. The molecule has 0 amide bonds. The van der Waals surface area contributed by atoms with E-state index in [9.17, 15) is 0 Å². The highest BCUT2D eigenvalue weighted by Gasteiger charge is 2.40. The van der Waals surface area contributed by atoms with E-state index in [1.54, 1.807) is 0 Å². The standard InChI is InChI=1S/C18H29O3Si/c1-5-19-22(20-6-2,21-7-3)16-15-17(4)13-14-18-11-9-8-10-12-18/h8-12,17H,5-7,13-16H2,1-3H3. The summed E-state index contributed by atoms with van der Waals surface area (Å²) < 4.78 is 17.5. The van der Waals surface area contributed by atoms with E-state index < -0.39 is 8.80 Å². The molecule has 1 aromatic rings. The first-order valence-electron chi connectivity index (χ1n) is 8.32. The molecule has 0 saturated carbocycles. The maximum absolute atomic E-state index is 8.25. The molecule has 1 atom stereocenters. The quantitative estimate of drug-likeness (QED) is 0.538. The molecule has 0 N–H and O–H groups in total. The smallest absolute Gasteiger partial charge is 0.374 e. The Morgan fingerprint density at radius 1 is 0.909 bits per heavy atom. The van der Waals surface area contributed by atoms with E-state index in [0.717, 1.165) is 25.3 Å². The SMILES string of the molecule is [C]C(CCc1ccccc1)CC[Si](OCC)(OCC)OCC. The van der Waals surface area contributed by atoms with Crippen LogP contribution in [0.2, 0.25) is 6.04 Å². The summed E-state index contributed by atoms with van der Waals surface area (Å²) in [6, 6.07) is 11.1. The van der Waals surface area contributed by atoms with Crippen molar-refractivity contribution in [3.05, 3.63) is 42.8 Å². The lowest BCUT2D eigenvalue weighted by Crippen LogP contribution is -2.46. The van der Waals surface area contributed by atoms with E-state index in [0.29, 0.717) is 19.8 Å². The highest BCUT2D eigenvalue weighted by Crippen LogP contribution is 2.23. The molecular formula is C18H29O3Si. The minimum absolute atomic E-state index is 0.103. The summed E-state index contributed by atoms with van der Waals surface area (Å²) in [5.41, 5.74) is 1.29. The van der Waals surface area contributed by atoms with Crippen LogP contribution in [-0.4, -0.2) is 28.6 Å². The molecule has 0 bridgehead atoms. The van der Waals surface area contributed by atoms with Crippen molar-refractivity contribution in [1.29, 1.82) is 0 Å². The highest BCUT2D eigenvalue weighted by atomic mass is 28.4. The summed E-state index contributed by atoms with van der Waals surface area (Å²) in [6.07, 6.45) is 2.57. The van der Waals surface area contributed by atoms with Crippen LogP contribution >= 0.6 is 0 Å². The van der Waals surface area contributed by atoms with Crippen LogP contribution in [0.1, 0.15) is 39.2 Å². The van der Waals surface area contributed by atoms with Crippen LogP contribution in [0.4, 0.5) is 0 Å². The lowest BCUT2D eigenvalue weighted by molar-refractivity contribution is 0.0699. The Morgan fingerprint density at radius 2 is 1.45 bits per heavy atom. The first-order valence-corrected chi connectivity index (χ1v) is 10.3. The molecule has 4 heteroatoms. The third-order valence-electron chi connectivity index (χ3n) is 3.52. The number of hydrogen-bond acceptors (Lipinski definition) is 3. The number of benzene rings is 1. The zero-order valence-corrected chi connectivity index (χ0v) is 15.1. The molecule has 3 nitrogen and oxygen atoms in total. The molecule has 1 unspecified atom stereocenters. The summed E-state index contributed by atoms with van der Waals surface area (Å²) in [4.78, 5) is 0. The fourth-order valence-corrected chi connectivity index (χ4v) is 5.19. The topological polar surface area (TPSA) is 27.7 Å². The van der Waals surface area contributed by atoms with Crippen LogP contribution in [0.25, 0.3) is 0 Å². The van der Waals surface area contributed by atoms with Gasteiger partial charge in [0.15, 0.2) is 0 Å². The van der Waals surface area contributed by atoms with Crippen molar-refractivity contribution < 1.29 is 13.3 Å². The first-order chi connectivity index (χ1) is 10.7. The van der Waals surface area contributed by atoms with Crippen molar-refractivity contribution in [2.75, 3.05) is 19.8 Å². The van der Waals surface area contributed by atoms with Gasteiger partial charge in [0.1, 0.15) is 0 Å². The normalized spacial score (nSPS) is 13.3. The van der Waals surface area contributed by atoms with Crippen LogP contribution in [0.15, 0.2) is 30.3 Å². The van der Waals surface area contributed by atoms with Crippen molar-refractivity contribution in [2.24, 2.45) is 5.92 Å². The van der Waals surface area contributed by atoms with Gasteiger partial charge in [0.2, 0.25) is 0 Å². The average molecular weight is 322 g/mol. The Labute approximate surface area is 137 Å². The Morgan fingerprint density at radius 3 is 1.95 bits per heavy atom. The summed E-state index contributed by atoms with van der Waals surface area (Å²) >= 11 is 0. The van der Waals surface area contributed by atoms with Crippen LogP contribution < -0.4 is 0 Å². The second-order valence-corrected chi connectivity index (χ2v) is 7.97. The molecule has 0 aliphatic rings. The van der Waals surface area contributed by atoms with E-state index in [2.05, 4.69) is 12.1 Å². The molecule has 0 saturated heterocycles. The van der Waals surface area contributed by atoms with Gasteiger partial charge < -0.3 is 13.3 Å². The molecule has 1 rings (SSSR count). The van der Waals surface area contributed by atoms with E-state index in [1.807, 2.05) is 39.0 Å². The second kappa shape index (κ2) is 10.9. The molecule has 22 heavy (non-hydrogen) atoms. The maximum atomic E-state index is 8.25. The molecule has 0 aromatic heterocycles. The van der Waals surface area contributed by atoms with Gasteiger partial charge in [-0.05, 0) is 58.4 Å². The Kier molecular flexibility index (Phi) is 9.63. The second-order valence-electron chi connectivity index (χ2n) is 5.24. The monoisotopic (exact) mass is 321 g/mol. The minimum atomic E-state index is -2.59. The Hall–Kier alpha value is -0.683. The van der Waals surface area contributed by atoms with E-state index in [4.69, 9.17) is 20.2 Å². The Balaban J connectivity index is 2.45. The third-order valence-corrected chi connectivity index (χ3v) is 6.60. The van der Waals surface area contributed by atoms with Gasteiger partial charge in [-0.25, -0.2) is 0 Å². The van der Waals surface area contributed by atoms with Crippen molar-refractivity contribution >= 4 is 8.80 Å². The van der Waals surface area contributed by atoms with Crippen LogP contribution in [0, 0.1) is 12.8 Å². The van der Waals surface area contributed by atoms with Gasteiger partial charge >= 0.3 is 8.80 Å². The van der Waals surface area contributed by atoms with Gasteiger partial charge in [-0.2, -0.15) is 0 Å². The number of hydrogen-bond donors (Lipinski definition) is 0. The van der Waals surface area contributed by atoms with E-state index >= 15 is 0 Å². The fourth-order valence-electron chi connectivity index (χ4n) is 2.48. The van der Waals surface area contributed by atoms with Crippen molar-refractivity contribution in [1.82, 2.24) is 0 Å². The van der Waals surface area contributed by atoms with Crippen LogP contribution in [0.5, 0.6) is 0 Å². The van der Waals surface area contributed by atoms with Crippen LogP contribution in [-0.2, 0) is 19.7 Å². The molecule has 0 aliphatic carbocycles. The molecule has 3 radical (unpaired) electrons. The zero-order chi connectivity index (χ0) is 16.3. The number of rotatable bonds is 12. The van der Waals surface area contributed by atoms with Crippen molar-refractivity contribution in [3.63, 3.8) is 0 Å². The van der Waals surface area contributed by atoms with Crippen molar-refractivity contribution in [2.45, 2.75) is 46.1 Å². The van der Waals surface area contributed by atoms with Gasteiger partial charge in [-0.15, -0.1) is 0 Å². The predicted octanol–water partition coefficient (Wildman–Crippen LogP) is 4.26. The first kappa shape index (κ1) is 19.4. The summed E-state index contributed by atoms with van der Waals surface area (Å²) in [6.45, 7) is 15.9. The lowest BCUT2D eigenvalue weighted by Gasteiger charge is -2.29. The largest absolute Gasteiger partial charge is 0.500 e. The van der Waals surface area contributed by atoms with Gasteiger partial charge in [0, 0.05) is 25.9 Å². The molecule has 1 aromatic carbocycles. The third kappa shape index (κ3) is 7.05. The summed E-state index contributed by atoms with van der Waals surface area (Å²) in [5.74, 6) is -0.103. The molecule has 0 aliphatic heterocycles. The van der Waals surface area contributed by atoms with E-state index in [-0.39, 0.29) is 5.92 Å². The molecule has 0 fully saturated rings. The van der Waals surface area contributed by atoms with E-state index in [1.165, 1.54) is 5.56 Å². The lowest BCUT2D eigenvalue weighted by atomic mass is 9.99. The number of aryl methyl sites for hydroxylation is 1. The molecular weight excluding hydrogens is 292 g/mol. The highest BCUT2D eigenvalue weighted by molar-refractivity contribution is 6.60. The van der Waals surface area contributed by atoms with Gasteiger partial charge in [-0.3, -0.25) is 0 Å².